The predicted octanol–water partition coefficient (Wildman–Crippen LogP) is 7.77. The third-order valence-electron chi connectivity index (χ3n) is 16.7. The van der Waals surface area contributed by atoms with Gasteiger partial charge in [0.25, 0.3) is 0 Å². The minimum absolute atomic E-state index is 0.0327. The summed E-state index contributed by atoms with van der Waals surface area (Å²) in [6.07, 6.45) is 12.0. The molecule has 1 saturated heterocycles. The fraction of sp³-hybridized carbons (Fsp3) is 0.875. The molecule has 0 radical (unpaired) electrons. The highest BCUT2D eigenvalue weighted by Gasteiger charge is 2.72. The molecule has 8 heteroatoms. The van der Waals surface area contributed by atoms with Gasteiger partial charge < -0.3 is 19.5 Å². The van der Waals surface area contributed by atoms with E-state index in [9.17, 15) is 9.90 Å². The summed E-state index contributed by atoms with van der Waals surface area (Å²) in [6.45, 7) is 25.3. The Morgan fingerprint density at radius 1 is 1.10 bits per heavy atom. The van der Waals surface area contributed by atoms with Crippen molar-refractivity contribution in [3.63, 3.8) is 0 Å². The molecular formula is C40H66N4O4. The van der Waals surface area contributed by atoms with Gasteiger partial charge in [0, 0.05) is 16.4 Å². The maximum absolute atomic E-state index is 13.5. The van der Waals surface area contributed by atoms with Crippen LogP contribution in [0.15, 0.2) is 24.3 Å². The molecule has 4 fully saturated rings. The molecule has 1 aromatic heterocycles. The summed E-state index contributed by atoms with van der Waals surface area (Å²) in [4.78, 5) is 20.2. The highest BCUT2D eigenvalue weighted by molar-refractivity contribution is 5.73. The van der Waals surface area contributed by atoms with Gasteiger partial charge in [0.1, 0.15) is 12.7 Å². The molecule has 1 aliphatic heterocycles. The lowest BCUT2D eigenvalue weighted by Crippen LogP contribution is -2.69. The largest absolute Gasteiger partial charge is 0.481 e. The highest BCUT2D eigenvalue weighted by atomic mass is 16.5. The van der Waals surface area contributed by atoms with Gasteiger partial charge in [-0.05, 0) is 105 Å². The molecule has 1 aromatic rings. The molecule has 4 aliphatic carbocycles. The second kappa shape index (κ2) is 11.9. The zero-order valence-electron chi connectivity index (χ0n) is 32.2. The summed E-state index contributed by atoms with van der Waals surface area (Å²) >= 11 is 0. The molecule has 2 heterocycles. The Bertz CT molecular complexity index is 1380. The quantitative estimate of drug-likeness (QED) is 0.270. The number of fused-ring (bicyclic) bond motifs is 3. The van der Waals surface area contributed by atoms with Crippen molar-refractivity contribution in [3.05, 3.63) is 24.3 Å². The van der Waals surface area contributed by atoms with Crippen LogP contribution in [0.5, 0.6) is 0 Å². The van der Waals surface area contributed by atoms with E-state index in [-0.39, 0.29) is 50.7 Å². The van der Waals surface area contributed by atoms with Crippen LogP contribution >= 0.6 is 0 Å². The van der Waals surface area contributed by atoms with Crippen LogP contribution in [0.1, 0.15) is 114 Å². The van der Waals surface area contributed by atoms with Gasteiger partial charge >= 0.3 is 5.97 Å². The number of ether oxygens (including phenoxy) is 2. The Kier molecular flexibility index (Phi) is 8.93. The summed E-state index contributed by atoms with van der Waals surface area (Å²) in [7, 11) is 4.32. The molecular weight excluding hydrogens is 600 g/mol. The maximum Gasteiger partial charge on any atom is 0.307 e. The van der Waals surface area contributed by atoms with Crippen LogP contribution < -0.4 is 0 Å². The van der Waals surface area contributed by atoms with Gasteiger partial charge in [-0.3, -0.25) is 4.79 Å². The zero-order chi connectivity index (χ0) is 35.2. The topological polar surface area (TPSA) is 89.7 Å². The van der Waals surface area contributed by atoms with E-state index in [1.807, 2.05) is 6.33 Å². The maximum atomic E-state index is 13.5. The second-order valence-corrected chi connectivity index (χ2v) is 19.1. The lowest BCUT2D eigenvalue weighted by molar-refractivity contribution is -0.255. The van der Waals surface area contributed by atoms with Crippen molar-refractivity contribution in [1.82, 2.24) is 19.7 Å². The molecule has 1 N–H and O–H groups in total. The van der Waals surface area contributed by atoms with Gasteiger partial charge in [-0.25, -0.2) is 9.67 Å². The lowest BCUT2D eigenvalue weighted by Gasteiger charge is -2.71. The number of hydrogen-bond acceptors (Lipinski definition) is 6. The summed E-state index contributed by atoms with van der Waals surface area (Å²) in [5.74, 6) is 0.958. The molecule has 3 saturated carbocycles. The predicted molar refractivity (Wildman–Crippen MR) is 189 cm³/mol. The van der Waals surface area contributed by atoms with Gasteiger partial charge in [0.05, 0.1) is 37.9 Å². The molecule has 8 nitrogen and oxygen atoms in total. The number of likely N-dealkylation sites (N-methyl/N-ethyl adjacent to an activating group) is 1. The number of aromatic nitrogens is 3. The minimum Gasteiger partial charge on any atom is -0.481 e. The summed E-state index contributed by atoms with van der Waals surface area (Å²) < 4.78 is 16.0. The molecule has 12 atom stereocenters. The Labute approximate surface area is 290 Å². The Balaban J connectivity index is 1.43. The van der Waals surface area contributed by atoms with Crippen LogP contribution in [-0.2, 0) is 14.3 Å². The zero-order valence-corrected chi connectivity index (χ0v) is 32.2. The number of nitrogens with zero attached hydrogens (tertiary/aromatic N) is 4. The average molecular weight is 667 g/mol. The standard InChI is InChI=1S/C40H66N4O4/c1-25(2)27(5)35(6)17-18-37(8)28-13-14-31-36(7)20-47-22-40(31,29(28)15-16-38(37,9)32(35)34(45)46)19-30(44-24-41-23-42-44)33(36)48-21-39(10,26(3)4)43(11)12/h15,23-28,30-33H,13-14,16-22H2,1-12H3,(H,45,46)/t27-,28+,30-,31+,32-,33+,35-,36+,37-,38+,39-,40+/m1/s1. The highest BCUT2D eigenvalue weighted by Crippen LogP contribution is 2.75. The minimum atomic E-state index is -0.606. The van der Waals surface area contributed by atoms with Gasteiger partial charge in [-0.15, -0.1) is 0 Å². The Morgan fingerprint density at radius 2 is 1.81 bits per heavy atom. The van der Waals surface area contributed by atoms with Gasteiger partial charge in [-0.2, -0.15) is 5.10 Å². The number of aliphatic carboxylic acids is 1. The van der Waals surface area contributed by atoms with Crippen molar-refractivity contribution in [1.29, 1.82) is 0 Å². The molecule has 270 valence electrons. The van der Waals surface area contributed by atoms with Crippen LogP contribution in [-0.4, -0.2) is 76.3 Å². The fourth-order valence-corrected chi connectivity index (χ4v) is 12.6. The van der Waals surface area contributed by atoms with E-state index in [0.29, 0.717) is 49.4 Å². The van der Waals surface area contributed by atoms with E-state index in [2.05, 4.69) is 104 Å². The monoisotopic (exact) mass is 667 g/mol. The molecule has 5 aliphatic rings. The fourth-order valence-electron chi connectivity index (χ4n) is 12.6. The smallest absolute Gasteiger partial charge is 0.307 e. The molecule has 0 amide bonds. The normalized spacial score (nSPS) is 44.4. The van der Waals surface area contributed by atoms with Crippen molar-refractivity contribution in [2.24, 2.45) is 62.6 Å². The van der Waals surface area contributed by atoms with Crippen molar-refractivity contribution in [2.45, 2.75) is 125 Å². The summed E-state index contributed by atoms with van der Waals surface area (Å²) in [5, 5.41) is 15.8. The second-order valence-electron chi connectivity index (χ2n) is 19.1. The third-order valence-corrected chi connectivity index (χ3v) is 16.7. The van der Waals surface area contributed by atoms with E-state index in [1.165, 1.54) is 0 Å². The van der Waals surface area contributed by atoms with Crippen LogP contribution in [0.2, 0.25) is 0 Å². The van der Waals surface area contributed by atoms with Crippen LogP contribution in [0.3, 0.4) is 0 Å². The van der Waals surface area contributed by atoms with E-state index in [1.54, 1.807) is 11.9 Å². The number of allylic oxidation sites excluding steroid dienone is 1. The number of carboxylic acids is 1. The van der Waals surface area contributed by atoms with E-state index >= 15 is 0 Å². The third kappa shape index (κ3) is 4.80. The Morgan fingerprint density at radius 3 is 2.40 bits per heavy atom. The van der Waals surface area contributed by atoms with Crippen LogP contribution in [0.4, 0.5) is 0 Å². The van der Waals surface area contributed by atoms with E-state index in [4.69, 9.17) is 14.6 Å². The molecule has 0 unspecified atom stereocenters. The summed E-state index contributed by atoms with van der Waals surface area (Å²) in [6, 6.07) is 0.0327. The molecule has 0 spiro atoms. The first-order chi connectivity index (χ1) is 22.3. The van der Waals surface area contributed by atoms with Crippen molar-refractivity contribution in [2.75, 3.05) is 33.9 Å². The first kappa shape index (κ1) is 36.0. The van der Waals surface area contributed by atoms with Crippen molar-refractivity contribution < 1.29 is 19.4 Å². The molecule has 0 aromatic carbocycles. The molecule has 2 bridgehead atoms. The summed E-state index contributed by atoms with van der Waals surface area (Å²) in [5.41, 5.74) is 0.426. The number of carbonyl (C=O) groups is 1. The van der Waals surface area contributed by atoms with Gasteiger partial charge in [0.2, 0.25) is 0 Å². The first-order valence-corrected chi connectivity index (χ1v) is 19.0. The van der Waals surface area contributed by atoms with Crippen LogP contribution in [0, 0.1) is 62.6 Å². The van der Waals surface area contributed by atoms with Gasteiger partial charge in [0.15, 0.2) is 0 Å². The SMILES string of the molecule is CC(C)[C@@H](C)[C@@]1(C)CC[C@]2(C)[C@H]3CC[C@@H]4[C@@]5(COC[C@]4(C)[C@@H](OC[C@](C)(C(C)C)N(C)C)[C@H](n4cncn4)C5)C3=CC[C@@]2(C)[C@@H]1C(=O)O. The molecule has 6 rings (SSSR count). The number of rotatable bonds is 9. The first-order valence-electron chi connectivity index (χ1n) is 19.0. The van der Waals surface area contributed by atoms with Crippen molar-refractivity contribution >= 4 is 5.97 Å². The number of carboxylic acid groups (broad SMARTS) is 1. The van der Waals surface area contributed by atoms with Crippen molar-refractivity contribution in [3.8, 4) is 0 Å². The van der Waals surface area contributed by atoms with Gasteiger partial charge in [-0.1, -0.05) is 74.0 Å². The average Bonchev–Trinajstić information content (AvgIpc) is 3.55. The van der Waals surface area contributed by atoms with E-state index in [0.717, 1.165) is 38.5 Å². The van der Waals surface area contributed by atoms with Crippen LogP contribution in [0.25, 0.3) is 0 Å². The van der Waals surface area contributed by atoms with E-state index < -0.39 is 5.97 Å². The molecule has 48 heavy (non-hydrogen) atoms. The number of hydrogen-bond donors (Lipinski definition) is 1. The Hall–Kier alpha value is -1.77. The lowest BCUT2D eigenvalue weighted by atomic mass is 9.34.